The van der Waals surface area contributed by atoms with Gasteiger partial charge in [-0.05, 0) is 31.5 Å². The molecular formula is C15H15BrN2O2. The molecule has 0 aliphatic rings. The molecule has 104 valence electrons. The standard InChI is InChI=1S/C15H15BrN2O2/c1-3-12(15(19)20)14-17-9(2)8-13(18-14)10-4-6-11(16)7-5-10/h4-8,12H,3H2,1-2H3,(H,19,20). The van der Waals surface area contributed by atoms with Crippen molar-refractivity contribution in [3.8, 4) is 11.3 Å². The maximum absolute atomic E-state index is 11.2. The normalized spacial score (nSPS) is 12.2. The summed E-state index contributed by atoms with van der Waals surface area (Å²) in [6.45, 7) is 3.67. The number of carboxylic acid groups (broad SMARTS) is 1. The summed E-state index contributed by atoms with van der Waals surface area (Å²) < 4.78 is 0.990. The van der Waals surface area contributed by atoms with Gasteiger partial charge in [0.25, 0.3) is 0 Å². The first kappa shape index (κ1) is 14.7. The number of rotatable bonds is 4. The highest BCUT2D eigenvalue weighted by molar-refractivity contribution is 9.10. The van der Waals surface area contributed by atoms with Gasteiger partial charge in [-0.3, -0.25) is 4.79 Å². The van der Waals surface area contributed by atoms with Crippen LogP contribution >= 0.6 is 15.9 Å². The predicted molar refractivity (Wildman–Crippen MR) is 80.6 cm³/mol. The molecule has 0 fully saturated rings. The maximum atomic E-state index is 11.2. The first-order chi connectivity index (χ1) is 9.51. The topological polar surface area (TPSA) is 63.1 Å². The third-order valence-electron chi connectivity index (χ3n) is 3.03. The number of carbonyl (C=O) groups is 1. The van der Waals surface area contributed by atoms with Crippen LogP contribution in [0.15, 0.2) is 34.8 Å². The smallest absolute Gasteiger partial charge is 0.314 e. The summed E-state index contributed by atoms with van der Waals surface area (Å²) in [5, 5.41) is 9.23. The second kappa shape index (κ2) is 6.13. The SMILES string of the molecule is CCC(C(=O)O)c1nc(C)cc(-c2ccc(Br)cc2)n1. The molecule has 1 atom stereocenters. The van der Waals surface area contributed by atoms with Crippen LogP contribution in [0.4, 0.5) is 0 Å². The second-order valence-corrected chi connectivity index (χ2v) is 5.47. The van der Waals surface area contributed by atoms with Crippen LogP contribution in [0.25, 0.3) is 11.3 Å². The van der Waals surface area contributed by atoms with Crippen molar-refractivity contribution in [2.24, 2.45) is 0 Å². The Bertz CT molecular complexity index is 626. The first-order valence-electron chi connectivity index (χ1n) is 6.35. The predicted octanol–water partition coefficient (Wildman–Crippen LogP) is 3.79. The summed E-state index contributed by atoms with van der Waals surface area (Å²) in [7, 11) is 0. The quantitative estimate of drug-likeness (QED) is 0.923. The average molecular weight is 335 g/mol. The highest BCUT2D eigenvalue weighted by Crippen LogP contribution is 2.23. The van der Waals surface area contributed by atoms with E-state index in [1.807, 2.05) is 44.2 Å². The third kappa shape index (κ3) is 3.22. The summed E-state index contributed by atoms with van der Waals surface area (Å²) in [5.74, 6) is -1.18. The summed E-state index contributed by atoms with van der Waals surface area (Å²) in [6.07, 6.45) is 0.471. The van der Waals surface area contributed by atoms with Crippen molar-refractivity contribution in [3.63, 3.8) is 0 Å². The number of hydrogen-bond donors (Lipinski definition) is 1. The Labute approximate surface area is 126 Å². The zero-order valence-corrected chi connectivity index (χ0v) is 12.9. The molecule has 1 N–H and O–H groups in total. The molecule has 4 nitrogen and oxygen atoms in total. The molecule has 0 bridgehead atoms. The van der Waals surface area contributed by atoms with Gasteiger partial charge in [-0.25, -0.2) is 9.97 Å². The Kier molecular flexibility index (Phi) is 4.49. The molecule has 20 heavy (non-hydrogen) atoms. The van der Waals surface area contributed by atoms with E-state index < -0.39 is 11.9 Å². The van der Waals surface area contributed by atoms with Gasteiger partial charge < -0.3 is 5.11 Å². The monoisotopic (exact) mass is 334 g/mol. The van der Waals surface area contributed by atoms with Crippen molar-refractivity contribution in [3.05, 3.63) is 46.3 Å². The lowest BCUT2D eigenvalue weighted by Gasteiger charge is -2.11. The van der Waals surface area contributed by atoms with Crippen molar-refractivity contribution < 1.29 is 9.90 Å². The van der Waals surface area contributed by atoms with E-state index in [1.54, 1.807) is 0 Å². The molecule has 0 aliphatic heterocycles. The van der Waals surface area contributed by atoms with Gasteiger partial charge in [0.05, 0.1) is 5.69 Å². The lowest BCUT2D eigenvalue weighted by Crippen LogP contribution is -2.15. The van der Waals surface area contributed by atoms with Gasteiger partial charge in [0.1, 0.15) is 11.7 Å². The Morgan fingerprint density at radius 2 is 1.95 bits per heavy atom. The summed E-state index contributed by atoms with van der Waals surface area (Å²) in [4.78, 5) is 19.9. The number of halogens is 1. The zero-order chi connectivity index (χ0) is 14.7. The number of nitrogens with zero attached hydrogens (tertiary/aromatic N) is 2. The van der Waals surface area contributed by atoms with Crippen LogP contribution in [-0.2, 0) is 4.79 Å². The highest BCUT2D eigenvalue weighted by atomic mass is 79.9. The molecule has 0 amide bonds. The van der Waals surface area contributed by atoms with Crippen LogP contribution in [0, 0.1) is 6.92 Å². The van der Waals surface area contributed by atoms with E-state index in [-0.39, 0.29) is 0 Å². The highest BCUT2D eigenvalue weighted by Gasteiger charge is 2.21. The van der Waals surface area contributed by atoms with E-state index in [4.69, 9.17) is 0 Å². The molecule has 5 heteroatoms. The number of aliphatic carboxylic acids is 1. The second-order valence-electron chi connectivity index (χ2n) is 4.56. The number of benzene rings is 1. The summed E-state index contributed by atoms with van der Waals surface area (Å²) in [6, 6.07) is 9.61. The van der Waals surface area contributed by atoms with E-state index in [0.717, 1.165) is 21.4 Å². The molecule has 1 unspecified atom stereocenters. The molecule has 0 saturated carbocycles. The summed E-state index contributed by atoms with van der Waals surface area (Å²) in [5.41, 5.74) is 2.47. The number of aromatic nitrogens is 2. The number of carboxylic acids is 1. The van der Waals surface area contributed by atoms with E-state index >= 15 is 0 Å². The van der Waals surface area contributed by atoms with Gasteiger partial charge in [-0.1, -0.05) is 35.0 Å². The fourth-order valence-electron chi connectivity index (χ4n) is 1.98. The molecule has 1 aromatic heterocycles. The van der Waals surface area contributed by atoms with Crippen molar-refractivity contribution in [1.29, 1.82) is 0 Å². The zero-order valence-electron chi connectivity index (χ0n) is 11.3. The molecular weight excluding hydrogens is 320 g/mol. The fourth-order valence-corrected chi connectivity index (χ4v) is 2.25. The van der Waals surface area contributed by atoms with Gasteiger partial charge in [-0.15, -0.1) is 0 Å². The minimum atomic E-state index is -0.889. The van der Waals surface area contributed by atoms with E-state index in [0.29, 0.717) is 12.2 Å². The lowest BCUT2D eigenvalue weighted by molar-refractivity contribution is -0.139. The number of hydrogen-bond acceptors (Lipinski definition) is 3. The van der Waals surface area contributed by atoms with Crippen molar-refractivity contribution >= 4 is 21.9 Å². The van der Waals surface area contributed by atoms with Crippen molar-refractivity contribution in [1.82, 2.24) is 9.97 Å². The number of aryl methyl sites for hydroxylation is 1. The molecule has 0 radical (unpaired) electrons. The third-order valence-corrected chi connectivity index (χ3v) is 3.56. The molecule has 0 spiro atoms. The van der Waals surface area contributed by atoms with E-state index in [2.05, 4.69) is 25.9 Å². The summed E-state index contributed by atoms with van der Waals surface area (Å²) >= 11 is 3.39. The van der Waals surface area contributed by atoms with Gasteiger partial charge >= 0.3 is 5.97 Å². The maximum Gasteiger partial charge on any atom is 0.314 e. The largest absolute Gasteiger partial charge is 0.481 e. The fraction of sp³-hybridized carbons (Fsp3) is 0.267. The molecule has 1 aromatic carbocycles. The average Bonchev–Trinajstić information content (AvgIpc) is 2.39. The van der Waals surface area contributed by atoms with Crippen molar-refractivity contribution in [2.75, 3.05) is 0 Å². The van der Waals surface area contributed by atoms with E-state index in [9.17, 15) is 9.90 Å². The molecule has 1 heterocycles. The van der Waals surface area contributed by atoms with Crippen LogP contribution in [0.5, 0.6) is 0 Å². The Hall–Kier alpha value is -1.75. The van der Waals surface area contributed by atoms with Gasteiger partial charge in [0.2, 0.25) is 0 Å². The van der Waals surface area contributed by atoms with Crippen LogP contribution in [0.1, 0.15) is 30.8 Å². The van der Waals surface area contributed by atoms with Crippen LogP contribution in [0.3, 0.4) is 0 Å². The first-order valence-corrected chi connectivity index (χ1v) is 7.15. The van der Waals surface area contributed by atoms with Gasteiger partial charge in [-0.2, -0.15) is 0 Å². The Morgan fingerprint density at radius 3 is 2.50 bits per heavy atom. The van der Waals surface area contributed by atoms with Crippen LogP contribution in [0.2, 0.25) is 0 Å². The van der Waals surface area contributed by atoms with Crippen LogP contribution < -0.4 is 0 Å². The lowest BCUT2D eigenvalue weighted by atomic mass is 10.1. The van der Waals surface area contributed by atoms with Crippen molar-refractivity contribution in [2.45, 2.75) is 26.2 Å². The Morgan fingerprint density at radius 1 is 1.30 bits per heavy atom. The van der Waals surface area contributed by atoms with Crippen LogP contribution in [-0.4, -0.2) is 21.0 Å². The molecule has 0 aliphatic carbocycles. The molecule has 2 rings (SSSR count). The van der Waals surface area contributed by atoms with Gasteiger partial charge in [0, 0.05) is 15.7 Å². The van der Waals surface area contributed by atoms with E-state index in [1.165, 1.54) is 0 Å². The minimum absolute atomic E-state index is 0.373. The molecule has 0 saturated heterocycles. The minimum Gasteiger partial charge on any atom is -0.481 e. The Balaban J connectivity index is 2.48. The van der Waals surface area contributed by atoms with Gasteiger partial charge in [0.15, 0.2) is 0 Å². The molecule has 2 aromatic rings.